The molecule has 0 bridgehead atoms. The van der Waals surface area contributed by atoms with E-state index in [-0.39, 0.29) is 12.4 Å². The van der Waals surface area contributed by atoms with Crippen molar-refractivity contribution in [2.75, 3.05) is 0 Å². The topological polar surface area (TPSA) is 58.3 Å². The summed E-state index contributed by atoms with van der Waals surface area (Å²) in [5.74, 6) is 0.112. The molecule has 2 atom stereocenters. The van der Waals surface area contributed by atoms with Crippen LogP contribution < -0.4 is 0 Å². The molecule has 0 saturated carbocycles. The number of aromatic nitrogens is 2. The number of rotatable bonds is 5. The third-order valence-corrected chi connectivity index (χ3v) is 3.73. The molecule has 0 radical (unpaired) electrons. The number of imidazole rings is 1. The minimum atomic E-state index is -0.869. The Balaban J connectivity index is 1.79. The molecule has 0 fully saturated rings. The van der Waals surface area contributed by atoms with E-state index in [4.69, 9.17) is 0 Å². The Morgan fingerprint density at radius 3 is 2.35 bits per heavy atom. The molecule has 23 heavy (non-hydrogen) atoms. The number of hydrogen-bond acceptors (Lipinski definition) is 3. The van der Waals surface area contributed by atoms with Gasteiger partial charge in [-0.1, -0.05) is 42.5 Å². The lowest BCUT2D eigenvalue weighted by Crippen LogP contribution is -2.14. The molecule has 0 unspecified atom stereocenters. The molecule has 3 aromatic rings. The first-order valence-electron chi connectivity index (χ1n) is 7.32. The van der Waals surface area contributed by atoms with E-state index < -0.39 is 12.2 Å². The number of halogens is 1. The maximum Gasteiger partial charge on any atom is 0.142 e. The third-order valence-electron chi connectivity index (χ3n) is 3.73. The molecule has 2 aromatic carbocycles. The fourth-order valence-corrected chi connectivity index (χ4v) is 2.48. The van der Waals surface area contributed by atoms with E-state index in [9.17, 15) is 14.6 Å². The van der Waals surface area contributed by atoms with Gasteiger partial charge >= 0.3 is 0 Å². The second-order valence-corrected chi connectivity index (χ2v) is 5.32. The van der Waals surface area contributed by atoms with Gasteiger partial charge < -0.3 is 14.8 Å². The van der Waals surface area contributed by atoms with Crippen LogP contribution in [0.2, 0.25) is 0 Å². The molecule has 1 aromatic heterocycles. The highest BCUT2D eigenvalue weighted by atomic mass is 19.1. The van der Waals surface area contributed by atoms with Gasteiger partial charge in [-0.25, -0.2) is 9.37 Å². The van der Waals surface area contributed by atoms with Crippen LogP contribution in [0.5, 0.6) is 0 Å². The standard InChI is InChI=1S/C18H17FN2O2/c19-15-8-6-13(7-9-15)16(22)12-21-11-10-20-18(21)17(23)14-4-2-1-3-5-14/h1-11,16-17,22-23H,12H2/t16-,17-/m1/s1. The van der Waals surface area contributed by atoms with Gasteiger partial charge in [-0.3, -0.25) is 0 Å². The number of aliphatic hydroxyl groups is 2. The highest BCUT2D eigenvalue weighted by molar-refractivity contribution is 5.23. The van der Waals surface area contributed by atoms with Gasteiger partial charge in [-0.15, -0.1) is 0 Å². The Kier molecular flexibility index (Phi) is 4.50. The van der Waals surface area contributed by atoms with Gasteiger partial charge in [-0.05, 0) is 23.3 Å². The molecule has 0 saturated heterocycles. The molecule has 0 spiro atoms. The van der Waals surface area contributed by atoms with Gasteiger partial charge in [0.05, 0.1) is 12.6 Å². The summed E-state index contributed by atoms with van der Waals surface area (Å²) in [7, 11) is 0. The zero-order chi connectivity index (χ0) is 16.2. The third kappa shape index (κ3) is 3.47. The van der Waals surface area contributed by atoms with Crippen LogP contribution in [-0.2, 0) is 6.54 Å². The Bertz CT molecular complexity index is 756. The predicted octanol–water partition coefficient (Wildman–Crippen LogP) is 2.84. The first kappa shape index (κ1) is 15.4. The summed E-state index contributed by atoms with van der Waals surface area (Å²) >= 11 is 0. The maximum atomic E-state index is 13.0. The molecule has 4 nitrogen and oxygen atoms in total. The normalized spacial score (nSPS) is 13.7. The van der Waals surface area contributed by atoms with E-state index in [0.717, 1.165) is 5.56 Å². The molecule has 5 heteroatoms. The van der Waals surface area contributed by atoms with Crippen molar-refractivity contribution >= 4 is 0 Å². The molecule has 0 aliphatic carbocycles. The van der Waals surface area contributed by atoms with E-state index in [1.165, 1.54) is 12.1 Å². The van der Waals surface area contributed by atoms with Crippen LogP contribution in [0.4, 0.5) is 4.39 Å². The molecule has 2 N–H and O–H groups in total. The monoisotopic (exact) mass is 312 g/mol. The number of nitrogens with zero attached hydrogens (tertiary/aromatic N) is 2. The molecule has 3 rings (SSSR count). The highest BCUT2D eigenvalue weighted by Crippen LogP contribution is 2.23. The van der Waals surface area contributed by atoms with Crippen molar-refractivity contribution in [3.8, 4) is 0 Å². The lowest BCUT2D eigenvalue weighted by Gasteiger charge is -2.17. The predicted molar refractivity (Wildman–Crippen MR) is 84.1 cm³/mol. The summed E-state index contributed by atoms with van der Waals surface area (Å²) in [5, 5.41) is 20.8. The molecule has 0 aliphatic heterocycles. The second kappa shape index (κ2) is 6.73. The second-order valence-electron chi connectivity index (χ2n) is 5.32. The van der Waals surface area contributed by atoms with Crippen molar-refractivity contribution in [1.29, 1.82) is 0 Å². The quantitative estimate of drug-likeness (QED) is 0.761. The van der Waals surface area contributed by atoms with Crippen molar-refractivity contribution < 1.29 is 14.6 Å². The van der Waals surface area contributed by atoms with E-state index >= 15 is 0 Å². The lowest BCUT2D eigenvalue weighted by molar-refractivity contribution is 0.147. The Hall–Kier alpha value is -2.50. The molecule has 0 amide bonds. The van der Waals surface area contributed by atoms with Crippen LogP contribution in [0.15, 0.2) is 67.0 Å². The van der Waals surface area contributed by atoms with Crippen LogP contribution in [0.25, 0.3) is 0 Å². The lowest BCUT2D eigenvalue weighted by atomic mass is 10.1. The van der Waals surface area contributed by atoms with E-state index in [0.29, 0.717) is 11.4 Å². The first-order valence-corrected chi connectivity index (χ1v) is 7.32. The summed E-state index contributed by atoms with van der Waals surface area (Å²) in [6.45, 7) is 0.227. The number of benzene rings is 2. The van der Waals surface area contributed by atoms with E-state index in [1.807, 2.05) is 30.3 Å². The fraction of sp³-hybridized carbons (Fsp3) is 0.167. The summed E-state index contributed by atoms with van der Waals surface area (Å²) in [6, 6.07) is 14.9. The zero-order valence-corrected chi connectivity index (χ0v) is 12.4. The molecular formula is C18H17FN2O2. The SMILES string of the molecule is O[C@H](c1ccccc1)c1nccn1C[C@@H](O)c1ccc(F)cc1. The van der Waals surface area contributed by atoms with Gasteiger partial charge in [-0.2, -0.15) is 0 Å². The Labute approximate surface area is 133 Å². The minimum absolute atomic E-state index is 0.227. The summed E-state index contributed by atoms with van der Waals surface area (Å²) < 4.78 is 14.7. The average Bonchev–Trinajstić information content (AvgIpc) is 3.03. The van der Waals surface area contributed by atoms with E-state index in [2.05, 4.69) is 4.98 Å². The average molecular weight is 312 g/mol. The number of aliphatic hydroxyl groups excluding tert-OH is 2. The molecule has 0 aliphatic rings. The Morgan fingerprint density at radius 2 is 1.65 bits per heavy atom. The van der Waals surface area contributed by atoms with Crippen molar-refractivity contribution in [2.45, 2.75) is 18.8 Å². The van der Waals surface area contributed by atoms with Crippen LogP contribution in [0.3, 0.4) is 0 Å². The van der Waals surface area contributed by atoms with Gasteiger partial charge in [0.1, 0.15) is 17.7 Å². The van der Waals surface area contributed by atoms with Crippen molar-refractivity contribution in [3.63, 3.8) is 0 Å². The summed E-state index contributed by atoms with van der Waals surface area (Å²) in [4.78, 5) is 4.20. The zero-order valence-electron chi connectivity index (χ0n) is 12.4. The van der Waals surface area contributed by atoms with Crippen LogP contribution in [0.1, 0.15) is 29.2 Å². The fourth-order valence-electron chi connectivity index (χ4n) is 2.48. The molecule has 118 valence electrons. The number of hydrogen-bond donors (Lipinski definition) is 2. The van der Waals surface area contributed by atoms with Gasteiger partial charge in [0, 0.05) is 12.4 Å². The molecular weight excluding hydrogens is 295 g/mol. The first-order chi connectivity index (χ1) is 11.1. The van der Waals surface area contributed by atoms with Gasteiger partial charge in [0.15, 0.2) is 0 Å². The minimum Gasteiger partial charge on any atom is -0.387 e. The Morgan fingerprint density at radius 1 is 0.957 bits per heavy atom. The van der Waals surface area contributed by atoms with Crippen LogP contribution >= 0.6 is 0 Å². The van der Waals surface area contributed by atoms with Crippen molar-refractivity contribution in [1.82, 2.24) is 9.55 Å². The van der Waals surface area contributed by atoms with Gasteiger partial charge in [0.2, 0.25) is 0 Å². The maximum absolute atomic E-state index is 13.0. The summed E-state index contributed by atoms with van der Waals surface area (Å²) in [5.41, 5.74) is 1.34. The largest absolute Gasteiger partial charge is 0.387 e. The highest BCUT2D eigenvalue weighted by Gasteiger charge is 2.18. The van der Waals surface area contributed by atoms with Crippen molar-refractivity contribution in [3.05, 3.63) is 89.8 Å². The van der Waals surface area contributed by atoms with Crippen molar-refractivity contribution in [2.24, 2.45) is 0 Å². The van der Waals surface area contributed by atoms with Crippen LogP contribution in [0, 0.1) is 5.82 Å². The summed E-state index contributed by atoms with van der Waals surface area (Å²) in [6.07, 6.45) is 1.60. The van der Waals surface area contributed by atoms with E-state index in [1.54, 1.807) is 29.1 Å². The smallest absolute Gasteiger partial charge is 0.142 e. The van der Waals surface area contributed by atoms with Crippen LogP contribution in [-0.4, -0.2) is 19.8 Å². The van der Waals surface area contributed by atoms with Gasteiger partial charge in [0.25, 0.3) is 0 Å². The molecule has 1 heterocycles.